The second kappa shape index (κ2) is 30.2. The first-order chi connectivity index (χ1) is 59.9. The van der Waals surface area contributed by atoms with Gasteiger partial charge in [-0.3, -0.25) is 0 Å². The molecule has 0 radical (unpaired) electrons. The SMILES string of the molecule is [C-]#[N+]c1cccc(-n2c3ccccc3c3cc(-c4ccc5c(c4)c4ccccc4n5-c4ccc(-c5cccc(-c6ccccc6)c5)cc4)ccc32)c1.c1ccc(-c2cccc(-c3ccc(-n4c5ccccc5c5cc(-c6ccc7c(c6)c6ccc(C(c8ccccc8)(c8ccccc8)c8ccccc8)cc6n7-c6ccccc6)ccc54)cc3)c2)cc1. The number of para-hydroxylation sites is 4. The minimum atomic E-state index is -0.563. The number of nitrogens with zero attached hydrogens (tertiary/aromatic N) is 5. The molecule has 5 nitrogen and oxygen atoms in total. The molecule has 0 aliphatic heterocycles. The van der Waals surface area contributed by atoms with Gasteiger partial charge in [0.2, 0.25) is 0 Å². The van der Waals surface area contributed by atoms with Gasteiger partial charge in [-0.25, -0.2) is 4.85 Å². The van der Waals surface area contributed by atoms with Crippen molar-refractivity contribution in [2.24, 2.45) is 0 Å². The van der Waals surface area contributed by atoms with Crippen LogP contribution < -0.4 is 0 Å². The zero-order valence-corrected chi connectivity index (χ0v) is 66.2. The van der Waals surface area contributed by atoms with Crippen LogP contribution in [0.25, 0.3) is 182 Å². The predicted octanol–water partition coefficient (Wildman–Crippen LogP) is 30.7. The Balaban J connectivity index is 0.000000151. The fourth-order valence-corrected chi connectivity index (χ4v) is 19.0. The molecule has 0 spiro atoms. The van der Waals surface area contributed by atoms with Crippen LogP contribution in [-0.4, -0.2) is 18.3 Å². The Morgan fingerprint density at radius 3 is 0.802 bits per heavy atom. The van der Waals surface area contributed by atoms with Crippen molar-refractivity contribution in [2.45, 2.75) is 5.41 Å². The maximum Gasteiger partial charge on any atom is 0.189 e. The monoisotopic (exact) mass is 1540 g/mol. The highest BCUT2D eigenvalue weighted by Crippen LogP contribution is 2.49. The summed E-state index contributed by atoms with van der Waals surface area (Å²) in [5, 5.41) is 9.76. The molecule has 23 aromatic rings. The molecule has 0 saturated heterocycles. The Bertz CT molecular complexity index is 7810. The van der Waals surface area contributed by atoms with Gasteiger partial charge in [0.1, 0.15) is 0 Å². The molecule has 566 valence electrons. The predicted molar refractivity (Wildman–Crippen MR) is 507 cm³/mol. The molecule has 121 heavy (non-hydrogen) atoms. The summed E-state index contributed by atoms with van der Waals surface area (Å²) in [4.78, 5) is 3.69. The van der Waals surface area contributed by atoms with Gasteiger partial charge in [0.05, 0.1) is 56.1 Å². The van der Waals surface area contributed by atoms with E-state index in [-0.39, 0.29) is 0 Å². The molecule has 23 rings (SSSR count). The number of hydrogen-bond donors (Lipinski definition) is 0. The molecule has 4 heterocycles. The van der Waals surface area contributed by atoms with E-state index < -0.39 is 5.41 Å². The Labute approximate surface area is 702 Å². The summed E-state index contributed by atoms with van der Waals surface area (Å²) in [5.74, 6) is 0. The highest BCUT2D eigenvalue weighted by molar-refractivity contribution is 6.15. The summed E-state index contributed by atoms with van der Waals surface area (Å²) >= 11 is 0. The van der Waals surface area contributed by atoms with E-state index in [0.717, 1.165) is 33.8 Å². The van der Waals surface area contributed by atoms with Crippen LogP contribution in [0, 0.1) is 6.57 Å². The fourth-order valence-electron chi connectivity index (χ4n) is 19.0. The molecule has 5 heteroatoms. The zero-order chi connectivity index (χ0) is 80.3. The molecule has 0 amide bonds. The summed E-state index contributed by atoms with van der Waals surface area (Å²) in [6, 6.07) is 169. The Hall–Kier alpha value is -16.1. The maximum atomic E-state index is 7.56. The molecule has 19 aromatic carbocycles. The molecule has 0 aliphatic rings. The molecule has 0 atom stereocenters. The zero-order valence-electron chi connectivity index (χ0n) is 66.2. The summed E-state index contributed by atoms with van der Waals surface area (Å²) in [5.41, 5.74) is 33.1. The molecule has 0 N–H and O–H groups in total. The van der Waals surface area contributed by atoms with Crippen molar-refractivity contribution in [3.8, 4) is 89.5 Å². The van der Waals surface area contributed by atoms with Gasteiger partial charge >= 0.3 is 0 Å². The quantitative estimate of drug-likeness (QED) is 0.0766. The van der Waals surface area contributed by atoms with E-state index >= 15 is 0 Å². The maximum absolute atomic E-state index is 7.56. The van der Waals surface area contributed by atoms with Gasteiger partial charge in [-0.2, -0.15) is 0 Å². The van der Waals surface area contributed by atoms with Gasteiger partial charge in [0.25, 0.3) is 0 Å². The van der Waals surface area contributed by atoms with E-state index in [1.54, 1.807) is 0 Å². The summed E-state index contributed by atoms with van der Waals surface area (Å²) in [6.07, 6.45) is 0. The summed E-state index contributed by atoms with van der Waals surface area (Å²) in [7, 11) is 0. The van der Waals surface area contributed by atoms with Crippen LogP contribution in [0.3, 0.4) is 0 Å². The Kier molecular flexibility index (Phi) is 17.8. The van der Waals surface area contributed by atoms with Crippen molar-refractivity contribution < 1.29 is 0 Å². The number of hydrogen-bond acceptors (Lipinski definition) is 0. The lowest BCUT2D eigenvalue weighted by atomic mass is 9.65. The van der Waals surface area contributed by atoms with Crippen molar-refractivity contribution in [1.82, 2.24) is 18.3 Å². The second-order valence-electron chi connectivity index (χ2n) is 31.4. The van der Waals surface area contributed by atoms with Gasteiger partial charge in [0.15, 0.2) is 5.69 Å². The molecule has 0 saturated carbocycles. The minimum absolute atomic E-state index is 0.563. The van der Waals surface area contributed by atoms with Crippen LogP contribution in [0.15, 0.2) is 467 Å². The Morgan fingerprint density at radius 2 is 0.421 bits per heavy atom. The third-order valence-electron chi connectivity index (χ3n) is 24.6. The van der Waals surface area contributed by atoms with Crippen LogP contribution in [0.5, 0.6) is 0 Å². The first-order valence-corrected chi connectivity index (χ1v) is 41.4. The first-order valence-electron chi connectivity index (χ1n) is 41.4. The Morgan fingerprint density at radius 1 is 0.157 bits per heavy atom. The normalized spacial score (nSPS) is 11.6. The smallest absolute Gasteiger partial charge is 0.189 e. The van der Waals surface area contributed by atoms with Crippen molar-refractivity contribution in [2.75, 3.05) is 0 Å². The van der Waals surface area contributed by atoms with Crippen molar-refractivity contribution in [3.63, 3.8) is 0 Å². The third kappa shape index (κ3) is 12.5. The minimum Gasteiger partial charge on any atom is -0.311 e. The van der Waals surface area contributed by atoms with E-state index in [1.165, 1.54) is 165 Å². The lowest BCUT2D eigenvalue weighted by Crippen LogP contribution is -2.31. The van der Waals surface area contributed by atoms with Crippen molar-refractivity contribution >= 4 is 92.9 Å². The van der Waals surface area contributed by atoms with Crippen LogP contribution in [-0.2, 0) is 5.41 Å². The van der Waals surface area contributed by atoms with Crippen LogP contribution in [0.4, 0.5) is 5.69 Å². The van der Waals surface area contributed by atoms with Gasteiger partial charge < -0.3 is 18.3 Å². The average molecular weight is 1540 g/mol. The topological polar surface area (TPSA) is 24.1 Å². The number of benzene rings is 19. The van der Waals surface area contributed by atoms with Crippen LogP contribution in [0.2, 0.25) is 0 Å². The molecular weight excluding hydrogens is 1460 g/mol. The average Bonchev–Trinajstić information content (AvgIpc) is 1.70. The molecule has 0 fully saturated rings. The molecule has 0 aliphatic carbocycles. The lowest BCUT2D eigenvalue weighted by Gasteiger charge is -2.37. The van der Waals surface area contributed by atoms with Gasteiger partial charge in [-0.05, 0) is 222 Å². The standard InChI is InChI=1S/C67H46N2.C49H31N3/c1-6-19-47(20-7-1)49-21-18-22-50(43-49)48-33-38-58(39-34-48)68-63-32-17-16-31-59(63)61-44-51(35-41-64(61)68)52-36-42-65-62(45-52)60-40-37-56(46-66(60)69(65)57-29-14-5-15-30-57)67(53-23-8-2-9-24-53,54-25-10-3-11-26-54)55-27-12-4-13-28-55;1-50-39-15-10-16-41(32-39)52-47-20-8-6-18-43(47)45-31-38(24-28-49(45)52)37-23-27-48-44(30-37)42-17-5-7-19-46(42)51(48)40-25-21-34(22-26-40)36-14-9-13-35(29-36)33-11-3-2-4-12-33/h1-46H;2-32H. The van der Waals surface area contributed by atoms with Gasteiger partial charge in [-0.15, -0.1) is 0 Å². The second-order valence-corrected chi connectivity index (χ2v) is 31.4. The summed E-state index contributed by atoms with van der Waals surface area (Å²) < 4.78 is 9.51. The first kappa shape index (κ1) is 71.4. The van der Waals surface area contributed by atoms with Crippen LogP contribution >= 0.6 is 0 Å². The highest BCUT2D eigenvalue weighted by atomic mass is 15.0. The number of fused-ring (bicyclic) bond motifs is 12. The van der Waals surface area contributed by atoms with E-state index in [0.29, 0.717) is 5.69 Å². The molecule has 4 aromatic heterocycles. The van der Waals surface area contributed by atoms with Crippen molar-refractivity contribution in [3.05, 3.63) is 501 Å². The lowest BCUT2D eigenvalue weighted by molar-refractivity contribution is 0.746. The van der Waals surface area contributed by atoms with Gasteiger partial charge in [0, 0.05) is 65.8 Å². The number of aromatic nitrogens is 4. The van der Waals surface area contributed by atoms with E-state index in [9.17, 15) is 0 Å². The molecule has 0 bridgehead atoms. The van der Waals surface area contributed by atoms with E-state index in [2.05, 4.69) is 472 Å². The highest BCUT2D eigenvalue weighted by Gasteiger charge is 2.39. The van der Waals surface area contributed by atoms with Crippen molar-refractivity contribution in [1.29, 1.82) is 0 Å². The van der Waals surface area contributed by atoms with E-state index in [1.807, 2.05) is 18.2 Å². The van der Waals surface area contributed by atoms with Gasteiger partial charge in [-0.1, -0.05) is 334 Å². The number of rotatable bonds is 14. The third-order valence-corrected chi connectivity index (χ3v) is 24.6. The molecular formula is C116H77N5. The molecule has 0 unspecified atom stereocenters. The fraction of sp³-hybridized carbons (Fsp3) is 0.00862. The summed E-state index contributed by atoms with van der Waals surface area (Å²) in [6.45, 7) is 7.56. The largest absolute Gasteiger partial charge is 0.311 e. The van der Waals surface area contributed by atoms with E-state index in [4.69, 9.17) is 6.57 Å². The van der Waals surface area contributed by atoms with Crippen LogP contribution in [0.1, 0.15) is 22.3 Å².